The molecule has 0 heterocycles. The van der Waals surface area contributed by atoms with E-state index in [1.54, 1.807) is 5.56 Å². The van der Waals surface area contributed by atoms with Gasteiger partial charge in [-0.15, -0.1) is 0 Å². The van der Waals surface area contributed by atoms with Crippen molar-refractivity contribution < 1.29 is 0 Å². The molecular formula is C17H27N. The first-order chi connectivity index (χ1) is 8.85. The van der Waals surface area contributed by atoms with Crippen LogP contribution >= 0.6 is 0 Å². The number of hydrogen-bond donors (Lipinski definition) is 1. The Hall–Kier alpha value is -0.820. The summed E-state index contributed by atoms with van der Waals surface area (Å²) in [5, 5.41) is 3.54. The Morgan fingerprint density at radius 1 is 1.17 bits per heavy atom. The molecule has 0 aromatic heterocycles. The molecular weight excluding hydrogens is 218 g/mol. The highest BCUT2D eigenvalue weighted by molar-refractivity contribution is 5.28. The van der Waals surface area contributed by atoms with Crippen LogP contribution in [0.25, 0.3) is 0 Å². The molecule has 2 rings (SSSR count). The fourth-order valence-corrected chi connectivity index (χ4v) is 3.32. The highest BCUT2D eigenvalue weighted by Gasteiger charge is 2.23. The Morgan fingerprint density at radius 3 is 2.78 bits per heavy atom. The van der Waals surface area contributed by atoms with Crippen molar-refractivity contribution in [1.29, 1.82) is 0 Å². The van der Waals surface area contributed by atoms with Crippen LogP contribution in [0.4, 0.5) is 0 Å². The van der Waals surface area contributed by atoms with Gasteiger partial charge in [0, 0.05) is 6.04 Å². The lowest BCUT2D eigenvalue weighted by Gasteiger charge is -2.25. The van der Waals surface area contributed by atoms with E-state index in [4.69, 9.17) is 0 Å². The molecule has 1 heteroatoms. The molecule has 1 N–H and O–H groups in total. The summed E-state index contributed by atoms with van der Waals surface area (Å²) in [5.41, 5.74) is 3.07. The number of rotatable bonds is 4. The standard InChI is InChI=1S/C17H27N/c1-3-8-14-9-7-10-15(13-14)16-11-5-4-6-12-17(16)18-2/h7,9-10,13,16-18H,3-6,8,11-12H2,1-2H3. The smallest absolute Gasteiger partial charge is 0.0133 e. The van der Waals surface area contributed by atoms with Crippen molar-refractivity contribution in [2.24, 2.45) is 0 Å². The van der Waals surface area contributed by atoms with Crippen LogP contribution in [-0.2, 0) is 6.42 Å². The van der Waals surface area contributed by atoms with E-state index in [1.807, 2.05) is 0 Å². The Balaban J connectivity index is 2.18. The molecule has 1 nitrogen and oxygen atoms in total. The second-order valence-electron chi connectivity index (χ2n) is 5.63. The summed E-state index contributed by atoms with van der Waals surface area (Å²) < 4.78 is 0. The number of benzene rings is 1. The maximum atomic E-state index is 3.54. The molecule has 0 aliphatic heterocycles. The van der Waals surface area contributed by atoms with E-state index >= 15 is 0 Å². The molecule has 0 bridgehead atoms. The number of nitrogens with one attached hydrogen (secondary N) is 1. The summed E-state index contributed by atoms with van der Waals surface area (Å²) in [6.07, 6.45) is 9.31. The third kappa shape index (κ3) is 3.35. The molecule has 1 aromatic carbocycles. The average molecular weight is 245 g/mol. The lowest BCUT2D eigenvalue weighted by molar-refractivity contribution is 0.439. The third-order valence-electron chi connectivity index (χ3n) is 4.30. The number of aryl methyl sites for hydroxylation is 1. The van der Waals surface area contributed by atoms with Crippen LogP contribution in [0.15, 0.2) is 24.3 Å². The van der Waals surface area contributed by atoms with Crippen LogP contribution < -0.4 is 5.32 Å². The minimum atomic E-state index is 0.671. The van der Waals surface area contributed by atoms with E-state index in [0.717, 1.165) is 0 Å². The maximum Gasteiger partial charge on any atom is 0.0133 e. The number of likely N-dealkylation sites (N-methyl/N-ethyl adjacent to an activating group) is 1. The van der Waals surface area contributed by atoms with Crippen molar-refractivity contribution in [2.75, 3.05) is 7.05 Å². The molecule has 2 atom stereocenters. The van der Waals surface area contributed by atoms with Crippen LogP contribution in [0, 0.1) is 0 Å². The summed E-state index contributed by atoms with van der Waals surface area (Å²) in [6.45, 7) is 2.26. The Labute approximate surface area is 112 Å². The van der Waals surface area contributed by atoms with Crippen LogP contribution in [0.5, 0.6) is 0 Å². The third-order valence-corrected chi connectivity index (χ3v) is 4.30. The molecule has 1 saturated carbocycles. The van der Waals surface area contributed by atoms with E-state index in [1.165, 1.54) is 50.5 Å². The molecule has 0 radical (unpaired) electrons. The molecule has 1 aliphatic rings. The lowest BCUT2D eigenvalue weighted by Crippen LogP contribution is -2.31. The van der Waals surface area contributed by atoms with Gasteiger partial charge in [0.05, 0.1) is 0 Å². The van der Waals surface area contributed by atoms with E-state index in [-0.39, 0.29) is 0 Å². The second-order valence-corrected chi connectivity index (χ2v) is 5.63. The fourth-order valence-electron chi connectivity index (χ4n) is 3.32. The van der Waals surface area contributed by atoms with Gasteiger partial charge < -0.3 is 5.32 Å². The SMILES string of the molecule is CCCc1cccc(C2CCCCCC2NC)c1. The van der Waals surface area contributed by atoms with Gasteiger partial charge in [-0.1, -0.05) is 56.9 Å². The van der Waals surface area contributed by atoms with Gasteiger partial charge in [-0.3, -0.25) is 0 Å². The van der Waals surface area contributed by atoms with Crippen molar-refractivity contribution in [1.82, 2.24) is 5.32 Å². The van der Waals surface area contributed by atoms with Gasteiger partial charge >= 0.3 is 0 Å². The summed E-state index contributed by atoms with van der Waals surface area (Å²) in [4.78, 5) is 0. The van der Waals surface area contributed by atoms with Gasteiger partial charge in [0.1, 0.15) is 0 Å². The normalized spacial score (nSPS) is 24.8. The average Bonchev–Trinajstić information content (AvgIpc) is 2.64. The molecule has 0 spiro atoms. The highest BCUT2D eigenvalue weighted by atomic mass is 14.9. The zero-order chi connectivity index (χ0) is 12.8. The van der Waals surface area contributed by atoms with Gasteiger partial charge in [0.2, 0.25) is 0 Å². The zero-order valence-corrected chi connectivity index (χ0v) is 11.9. The monoisotopic (exact) mass is 245 g/mol. The lowest BCUT2D eigenvalue weighted by atomic mass is 9.86. The minimum Gasteiger partial charge on any atom is -0.316 e. The van der Waals surface area contributed by atoms with E-state index in [9.17, 15) is 0 Å². The van der Waals surface area contributed by atoms with Gasteiger partial charge in [-0.2, -0.15) is 0 Å². The predicted molar refractivity (Wildman–Crippen MR) is 79.1 cm³/mol. The first-order valence-corrected chi connectivity index (χ1v) is 7.61. The molecule has 100 valence electrons. The quantitative estimate of drug-likeness (QED) is 0.781. The minimum absolute atomic E-state index is 0.671. The molecule has 1 aromatic rings. The van der Waals surface area contributed by atoms with Crippen molar-refractivity contribution in [2.45, 2.75) is 63.8 Å². The molecule has 1 fully saturated rings. The summed E-state index contributed by atoms with van der Waals surface area (Å²) >= 11 is 0. The largest absolute Gasteiger partial charge is 0.316 e. The molecule has 0 saturated heterocycles. The second kappa shape index (κ2) is 6.94. The van der Waals surface area contributed by atoms with E-state index in [2.05, 4.69) is 43.6 Å². The first kappa shape index (κ1) is 13.6. The first-order valence-electron chi connectivity index (χ1n) is 7.61. The van der Waals surface area contributed by atoms with Crippen molar-refractivity contribution in [3.05, 3.63) is 35.4 Å². The van der Waals surface area contributed by atoms with E-state index < -0.39 is 0 Å². The Morgan fingerprint density at radius 2 is 2.00 bits per heavy atom. The van der Waals surface area contributed by atoms with E-state index in [0.29, 0.717) is 12.0 Å². The maximum absolute atomic E-state index is 3.54. The highest BCUT2D eigenvalue weighted by Crippen LogP contribution is 2.32. The molecule has 1 aliphatic carbocycles. The molecule has 0 amide bonds. The topological polar surface area (TPSA) is 12.0 Å². The zero-order valence-electron chi connectivity index (χ0n) is 11.9. The van der Waals surface area contributed by atoms with Crippen LogP contribution in [0.3, 0.4) is 0 Å². The van der Waals surface area contributed by atoms with Crippen LogP contribution in [-0.4, -0.2) is 13.1 Å². The van der Waals surface area contributed by atoms with Gasteiger partial charge in [0.15, 0.2) is 0 Å². The van der Waals surface area contributed by atoms with Crippen molar-refractivity contribution in [3.8, 4) is 0 Å². The summed E-state index contributed by atoms with van der Waals surface area (Å²) in [7, 11) is 2.12. The number of hydrogen-bond acceptors (Lipinski definition) is 1. The summed E-state index contributed by atoms with van der Waals surface area (Å²) in [6, 6.07) is 9.98. The van der Waals surface area contributed by atoms with Gasteiger partial charge in [-0.05, 0) is 43.4 Å². The van der Waals surface area contributed by atoms with Crippen molar-refractivity contribution >= 4 is 0 Å². The van der Waals surface area contributed by atoms with Crippen LogP contribution in [0.2, 0.25) is 0 Å². The predicted octanol–water partition coefficient (Wildman–Crippen LogP) is 4.27. The van der Waals surface area contributed by atoms with Gasteiger partial charge in [0.25, 0.3) is 0 Å². The summed E-state index contributed by atoms with van der Waals surface area (Å²) in [5.74, 6) is 0.717. The fraction of sp³-hybridized carbons (Fsp3) is 0.647. The molecule has 18 heavy (non-hydrogen) atoms. The van der Waals surface area contributed by atoms with Gasteiger partial charge in [-0.25, -0.2) is 0 Å². The van der Waals surface area contributed by atoms with Crippen LogP contribution in [0.1, 0.15) is 62.5 Å². The Kier molecular flexibility index (Phi) is 5.25. The molecule has 2 unspecified atom stereocenters. The van der Waals surface area contributed by atoms with Crippen molar-refractivity contribution in [3.63, 3.8) is 0 Å². The Bertz CT molecular complexity index is 358.